The lowest BCUT2D eigenvalue weighted by atomic mass is 10.2. The van der Waals surface area contributed by atoms with Crippen LogP contribution in [0.2, 0.25) is 5.02 Å². The summed E-state index contributed by atoms with van der Waals surface area (Å²) in [7, 11) is 2.99. The molecule has 0 aliphatic rings. The smallest absolute Gasteiger partial charge is 0.234 e. The van der Waals surface area contributed by atoms with Crippen molar-refractivity contribution in [2.45, 2.75) is 5.16 Å². The average molecular weight is 422 g/mol. The molecule has 0 radical (unpaired) electrons. The van der Waals surface area contributed by atoms with Crippen LogP contribution in [-0.2, 0) is 4.79 Å². The van der Waals surface area contributed by atoms with Crippen LogP contribution < -0.4 is 14.8 Å². The van der Waals surface area contributed by atoms with Crippen LogP contribution in [0.15, 0.2) is 47.8 Å². The van der Waals surface area contributed by atoms with Gasteiger partial charge in [-0.3, -0.25) is 4.79 Å². The van der Waals surface area contributed by atoms with Crippen molar-refractivity contribution in [3.8, 4) is 22.8 Å². The van der Waals surface area contributed by atoms with Gasteiger partial charge in [-0.2, -0.15) is 0 Å². The van der Waals surface area contributed by atoms with Crippen molar-refractivity contribution in [2.75, 3.05) is 25.3 Å². The van der Waals surface area contributed by atoms with E-state index in [1.54, 1.807) is 30.5 Å². The maximum absolute atomic E-state index is 13.0. The molecule has 2 N–H and O–H groups in total. The number of thioether (sulfide) groups is 1. The number of carbonyl (C=O) groups excluding carboxylic acids is 1. The number of anilines is 1. The van der Waals surface area contributed by atoms with E-state index in [9.17, 15) is 9.18 Å². The number of hydrogen-bond acceptors (Lipinski definition) is 5. The summed E-state index contributed by atoms with van der Waals surface area (Å²) in [6.07, 6.45) is 1.64. The Morgan fingerprint density at radius 1 is 1.21 bits per heavy atom. The third-order valence-corrected chi connectivity index (χ3v) is 4.98. The molecule has 28 heavy (non-hydrogen) atoms. The molecule has 0 saturated heterocycles. The maximum Gasteiger partial charge on any atom is 0.234 e. The van der Waals surface area contributed by atoms with E-state index >= 15 is 0 Å². The zero-order chi connectivity index (χ0) is 20.1. The van der Waals surface area contributed by atoms with Gasteiger partial charge in [-0.15, -0.1) is 0 Å². The molecule has 2 aromatic carbocycles. The molecule has 146 valence electrons. The van der Waals surface area contributed by atoms with Crippen molar-refractivity contribution in [1.82, 2.24) is 9.97 Å². The number of carbonyl (C=O) groups is 1. The fourth-order valence-corrected chi connectivity index (χ4v) is 3.32. The Balaban J connectivity index is 1.62. The van der Waals surface area contributed by atoms with Crippen LogP contribution in [0.5, 0.6) is 11.5 Å². The maximum atomic E-state index is 13.0. The molecular weight excluding hydrogens is 405 g/mol. The largest absolute Gasteiger partial charge is 0.495 e. The third kappa shape index (κ3) is 4.76. The lowest BCUT2D eigenvalue weighted by Gasteiger charge is -2.12. The molecule has 0 spiro atoms. The van der Waals surface area contributed by atoms with E-state index in [1.807, 2.05) is 0 Å². The van der Waals surface area contributed by atoms with Crippen molar-refractivity contribution in [3.05, 3.63) is 53.4 Å². The second-order valence-electron chi connectivity index (χ2n) is 5.63. The fraction of sp³-hybridized carbons (Fsp3) is 0.158. The van der Waals surface area contributed by atoms with Gasteiger partial charge in [0.25, 0.3) is 0 Å². The number of aromatic nitrogens is 2. The Bertz CT molecular complexity index is 979. The lowest BCUT2D eigenvalue weighted by Crippen LogP contribution is -2.15. The minimum absolute atomic E-state index is 0.128. The monoisotopic (exact) mass is 421 g/mol. The zero-order valence-electron chi connectivity index (χ0n) is 15.1. The Kier molecular flexibility index (Phi) is 6.43. The number of rotatable bonds is 7. The topological polar surface area (TPSA) is 76.2 Å². The number of hydrogen-bond donors (Lipinski definition) is 2. The molecule has 0 aliphatic carbocycles. The molecule has 0 fully saturated rings. The van der Waals surface area contributed by atoms with Crippen molar-refractivity contribution >= 4 is 35.0 Å². The van der Waals surface area contributed by atoms with Crippen molar-refractivity contribution < 1.29 is 18.7 Å². The zero-order valence-corrected chi connectivity index (χ0v) is 16.7. The number of ether oxygens (including phenoxy) is 2. The number of amides is 1. The second kappa shape index (κ2) is 8.99. The minimum atomic E-state index is -0.302. The third-order valence-electron chi connectivity index (χ3n) is 3.80. The van der Waals surface area contributed by atoms with Crippen LogP contribution in [-0.4, -0.2) is 35.8 Å². The number of nitrogens with one attached hydrogen (secondary N) is 2. The molecule has 1 amide bonds. The predicted octanol–water partition coefficient (Wildman–Crippen LogP) is 4.62. The first-order chi connectivity index (χ1) is 13.5. The van der Waals surface area contributed by atoms with E-state index in [-0.39, 0.29) is 17.5 Å². The first-order valence-electron chi connectivity index (χ1n) is 8.15. The first-order valence-corrected chi connectivity index (χ1v) is 9.51. The van der Waals surface area contributed by atoms with Crippen LogP contribution in [0.4, 0.5) is 10.1 Å². The highest BCUT2D eigenvalue weighted by molar-refractivity contribution is 7.99. The highest BCUT2D eigenvalue weighted by Crippen LogP contribution is 2.36. The van der Waals surface area contributed by atoms with Crippen LogP contribution in [0.25, 0.3) is 11.3 Å². The van der Waals surface area contributed by atoms with Gasteiger partial charge in [0, 0.05) is 6.07 Å². The molecule has 0 saturated carbocycles. The van der Waals surface area contributed by atoms with E-state index in [1.165, 1.54) is 38.1 Å². The predicted molar refractivity (Wildman–Crippen MR) is 108 cm³/mol. The Hall–Kier alpha value is -2.71. The van der Waals surface area contributed by atoms with Gasteiger partial charge in [-0.25, -0.2) is 9.37 Å². The highest BCUT2D eigenvalue weighted by atomic mass is 35.5. The molecular formula is C19H17ClFN3O3S. The number of methoxy groups -OCH3 is 2. The van der Waals surface area contributed by atoms with E-state index in [4.69, 9.17) is 21.1 Å². The van der Waals surface area contributed by atoms with Crippen molar-refractivity contribution in [1.29, 1.82) is 0 Å². The lowest BCUT2D eigenvalue weighted by molar-refractivity contribution is -0.113. The number of aromatic amines is 1. The molecule has 9 heteroatoms. The summed E-state index contributed by atoms with van der Waals surface area (Å²) >= 11 is 7.35. The van der Waals surface area contributed by atoms with Crippen LogP contribution in [0.3, 0.4) is 0 Å². The Labute approximate surface area is 170 Å². The number of nitrogens with zero attached hydrogens (tertiary/aromatic N) is 1. The Morgan fingerprint density at radius 2 is 1.93 bits per heavy atom. The summed E-state index contributed by atoms with van der Waals surface area (Å²) in [6, 6.07) is 9.24. The normalized spacial score (nSPS) is 10.6. The summed E-state index contributed by atoms with van der Waals surface area (Å²) in [6.45, 7) is 0. The first kappa shape index (κ1) is 20.0. The standard InChI is InChI=1S/C19H17ClFN3O3S/c1-26-16-8-17(27-2)14(7-13(16)20)23-18(25)10-28-19-22-9-15(24-19)11-3-5-12(21)6-4-11/h3-9H,10H2,1-2H3,(H,22,24)(H,23,25). The SMILES string of the molecule is COc1cc(OC)c(NC(=O)CSc2ncc(-c3ccc(F)cc3)[nH]2)cc1Cl. The summed E-state index contributed by atoms with van der Waals surface area (Å²) in [5, 5.41) is 3.70. The highest BCUT2D eigenvalue weighted by Gasteiger charge is 2.13. The molecule has 0 unspecified atom stereocenters. The molecule has 1 aromatic heterocycles. The van der Waals surface area contributed by atoms with Crippen molar-refractivity contribution in [2.24, 2.45) is 0 Å². The molecule has 3 rings (SSSR count). The van der Waals surface area contributed by atoms with E-state index in [0.29, 0.717) is 27.4 Å². The van der Waals surface area contributed by atoms with Gasteiger partial charge in [-0.05, 0) is 35.9 Å². The number of imidazole rings is 1. The minimum Gasteiger partial charge on any atom is -0.495 e. The van der Waals surface area contributed by atoms with Crippen LogP contribution in [0.1, 0.15) is 0 Å². The van der Waals surface area contributed by atoms with Crippen LogP contribution >= 0.6 is 23.4 Å². The molecule has 0 atom stereocenters. The number of halogens is 2. The molecule has 1 heterocycles. The van der Waals surface area contributed by atoms with Gasteiger partial charge in [0.2, 0.25) is 5.91 Å². The fourth-order valence-electron chi connectivity index (χ4n) is 2.43. The molecule has 6 nitrogen and oxygen atoms in total. The van der Waals surface area contributed by atoms with Gasteiger partial charge in [-0.1, -0.05) is 23.4 Å². The average Bonchev–Trinajstić information content (AvgIpc) is 3.16. The number of H-pyrrole nitrogens is 1. The summed E-state index contributed by atoms with van der Waals surface area (Å²) < 4.78 is 23.4. The van der Waals surface area contributed by atoms with E-state index in [2.05, 4.69) is 15.3 Å². The van der Waals surface area contributed by atoms with Gasteiger partial charge in [0.1, 0.15) is 17.3 Å². The van der Waals surface area contributed by atoms with Gasteiger partial charge < -0.3 is 19.8 Å². The summed E-state index contributed by atoms with van der Waals surface area (Å²) in [4.78, 5) is 19.6. The Morgan fingerprint density at radius 3 is 2.61 bits per heavy atom. The summed E-state index contributed by atoms with van der Waals surface area (Å²) in [5.74, 6) is 0.474. The molecule has 0 aliphatic heterocycles. The van der Waals surface area contributed by atoms with Crippen molar-refractivity contribution in [3.63, 3.8) is 0 Å². The molecule has 0 bridgehead atoms. The summed E-state index contributed by atoms with van der Waals surface area (Å²) in [5.41, 5.74) is 2.00. The molecule has 3 aromatic rings. The van der Waals surface area contributed by atoms with Gasteiger partial charge >= 0.3 is 0 Å². The quantitative estimate of drug-likeness (QED) is 0.544. The number of benzene rings is 2. The van der Waals surface area contributed by atoms with Crippen LogP contribution in [0, 0.1) is 5.82 Å². The van der Waals surface area contributed by atoms with E-state index in [0.717, 1.165) is 11.3 Å². The van der Waals surface area contributed by atoms with Gasteiger partial charge in [0.15, 0.2) is 5.16 Å². The second-order valence-corrected chi connectivity index (χ2v) is 7.00. The van der Waals surface area contributed by atoms with Gasteiger partial charge in [0.05, 0.1) is 42.6 Å². The van der Waals surface area contributed by atoms with E-state index < -0.39 is 0 Å².